The summed E-state index contributed by atoms with van der Waals surface area (Å²) in [6, 6.07) is 3.82. The van der Waals surface area contributed by atoms with E-state index in [2.05, 4.69) is 24.1 Å². The highest BCUT2D eigenvalue weighted by atomic mass is 35.5. The number of anilines is 1. The lowest BCUT2D eigenvalue weighted by molar-refractivity contribution is 0.242. The third-order valence-electron chi connectivity index (χ3n) is 2.64. The molecule has 0 spiro atoms. The second-order valence-corrected chi connectivity index (χ2v) is 5.85. The van der Waals surface area contributed by atoms with Crippen molar-refractivity contribution < 1.29 is 4.74 Å². The monoisotopic (exact) mass is 270 g/mol. The third-order valence-corrected chi connectivity index (χ3v) is 2.83. The smallest absolute Gasteiger partial charge is 0.168 e. The van der Waals surface area contributed by atoms with Crippen LogP contribution in [0.15, 0.2) is 18.3 Å². The second kappa shape index (κ2) is 6.83. The Bertz CT molecular complexity index is 367. The fraction of sp³-hybridized carbons (Fsp3) is 0.643. The molecule has 4 heteroatoms. The van der Waals surface area contributed by atoms with Gasteiger partial charge in [0.05, 0.1) is 6.10 Å². The molecule has 0 saturated heterocycles. The van der Waals surface area contributed by atoms with Crippen LogP contribution in [0.3, 0.4) is 0 Å². The number of hydrogen-bond acceptors (Lipinski definition) is 3. The van der Waals surface area contributed by atoms with Gasteiger partial charge >= 0.3 is 0 Å². The van der Waals surface area contributed by atoms with Crippen LogP contribution in [0, 0.1) is 5.41 Å². The zero-order valence-corrected chi connectivity index (χ0v) is 12.4. The van der Waals surface area contributed by atoms with E-state index in [1.54, 1.807) is 6.20 Å². The molecule has 1 heterocycles. The van der Waals surface area contributed by atoms with Crippen molar-refractivity contribution in [1.29, 1.82) is 0 Å². The summed E-state index contributed by atoms with van der Waals surface area (Å²) in [5, 5.41) is 3.35. The number of ether oxygens (including phenoxy) is 1. The molecule has 0 aliphatic carbocycles. The highest BCUT2D eigenvalue weighted by Gasteiger charge is 2.18. The summed E-state index contributed by atoms with van der Waals surface area (Å²) in [4.78, 5) is 4.33. The molecule has 0 fully saturated rings. The van der Waals surface area contributed by atoms with E-state index < -0.39 is 0 Å². The number of halogens is 1. The van der Waals surface area contributed by atoms with Crippen LogP contribution >= 0.6 is 11.6 Å². The highest BCUT2D eigenvalue weighted by molar-refractivity contribution is 6.17. The number of aromatic nitrogens is 1. The van der Waals surface area contributed by atoms with Crippen LogP contribution in [0.4, 0.5) is 5.82 Å². The topological polar surface area (TPSA) is 34.1 Å². The minimum atomic E-state index is 0.144. The van der Waals surface area contributed by atoms with E-state index >= 15 is 0 Å². The first kappa shape index (κ1) is 15.1. The van der Waals surface area contributed by atoms with E-state index in [-0.39, 0.29) is 11.5 Å². The van der Waals surface area contributed by atoms with Crippen molar-refractivity contribution in [2.75, 3.05) is 17.7 Å². The van der Waals surface area contributed by atoms with Gasteiger partial charge in [0.15, 0.2) is 11.6 Å². The Balaban J connectivity index is 2.66. The molecule has 0 bridgehead atoms. The van der Waals surface area contributed by atoms with Gasteiger partial charge in [-0.15, -0.1) is 11.6 Å². The van der Waals surface area contributed by atoms with Crippen LogP contribution in [-0.2, 0) is 0 Å². The molecular formula is C14H23ClN2O. The number of pyridine rings is 1. The Morgan fingerprint density at radius 2 is 2.17 bits per heavy atom. The van der Waals surface area contributed by atoms with E-state index in [1.807, 2.05) is 26.0 Å². The van der Waals surface area contributed by atoms with Crippen LogP contribution in [0.1, 0.15) is 34.1 Å². The highest BCUT2D eigenvalue weighted by Crippen LogP contribution is 2.26. The fourth-order valence-corrected chi connectivity index (χ4v) is 2.05. The lowest BCUT2D eigenvalue weighted by Crippen LogP contribution is -2.24. The van der Waals surface area contributed by atoms with Crippen molar-refractivity contribution >= 4 is 17.4 Å². The summed E-state index contributed by atoms with van der Waals surface area (Å²) in [7, 11) is 0. The summed E-state index contributed by atoms with van der Waals surface area (Å²) in [6.07, 6.45) is 2.88. The Hall–Kier alpha value is -0.960. The van der Waals surface area contributed by atoms with Crippen LogP contribution in [0.25, 0.3) is 0 Å². The van der Waals surface area contributed by atoms with Gasteiger partial charge < -0.3 is 10.1 Å². The molecule has 0 amide bonds. The minimum absolute atomic E-state index is 0.144. The van der Waals surface area contributed by atoms with Crippen LogP contribution < -0.4 is 10.1 Å². The summed E-state index contributed by atoms with van der Waals surface area (Å²) < 4.78 is 5.72. The first-order chi connectivity index (χ1) is 8.44. The predicted octanol–water partition coefficient (Wildman–Crippen LogP) is 3.94. The molecule has 1 aromatic rings. The number of alkyl halides is 1. The molecule has 102 valence electrons. The standard InChI is InChI=1S/C14H23ClN2O/c1-11(2)18-12-6-5-9-16-13(12)17-10-14(3,4)7-8-15/h5-6,9,11H,7-8,10H2,1-4H3,(H,16,17). The van der Waals surface area contributed by atoms with E-state index in [0.717, 1.165) is 24.5 Å². The maximum Gasteiger partial charge on any atom is 0.168 e. The van der Waals surface area contributed by atoms with Crippen LogP contribution in [0.5, 0.6) is 5.75 Å². The molecule has 18 heavy (non-hydrogen) atoms. The lowest BCUT2D eigenvalue weighted by Gasteiger charge is -2.25. The maximum absolute atomic E-state index is 5.80. The van der Waals surface area contributed by atoms with Crippen LogP contribution in [-0.4, -0.2) is 23.5 Å². The van der Waals surface area contributed by atoms with Crippen LogP contribution in [0.2, 0.25) is 0 Å². The van der Waals surface area contributed by atoms with E-state index in [9.17, 15) is 0 Å². The number of rotatable bonds is 7. The Morgan fingerprint density at radius 1 is 1.44 bits per heavy atom. The Morgan fingerprint density at radius 3 is 2.78 bits per heavy atom. The molecule has 0 atom stereocenters. The normalized spacial score (nSPS) is 11.7. The molecular weight excluding hydrogens is 248 g/mol. The number of hydrogen-bond donors (Lipinski definition) is 1. The molecule has 0 aliphatic heterocycles. The van der Waals surface area contributed by atoms with E-state index in [1.165, 1.54) is 0 Å². The summed E-state index contributed by atoms with van der Waals surface area (Å²) in [5.41, 5.74) is 0.147. The van der Waals surface area contributed by atoms with Gasteiger partial charge in [0.1, 0.15) is 0 Å². The SMILES string of the molecule is CC(C)Oc1cccnc1NCC(C)(C)CCCl. The van der Waals surface area contributed by atoms with Gasteiger partial charge in [0, 0.05) is 18.6 Å². The molecule has 0 aliphatic rings. The molecule has 0 aromatic carbocycles. The van der Waals surface area contributed by atoms with Crippen molar-refractivity contribution in [2.45, 2.75) is 40.2 Å². The number of nitrogens with one attached hydrogen (secondary N) is 1. The van der Waals surface area contributed by atoms with E-state index in [4.69, 9.17) is 16.3 Å². The van der Waals surface area contributed by atoms with E-state index in [0.29, 0.717) is 5.88 Å². The van der Waals surface area contributed by atoms with Gasteiger partial charge in [-0.25, -0.2) is 4.98 Å². The summed E-state index contributed by atoms with van der Waals surface area (Å²) >= 11 is 5.80. The molecule has 1 rings (SSSR count). The average Bonchev–Trinajstić information content (AvgIpc) is 2.27. The average molecular weight is 271 g/mol. The van der Waals surface area contributed by atoms with Crippen molar-refractivity contribution in [2.24, 2.45) is 5.41 Å². The third kappa shape index (κ3) is 5.13. The molecule has 0 radical (unpaired) electrons. The zero-order valence-electron chi connectivity index (χ0n) is 11.7. The number of nitrogens with zero attached hydrogens (tertiary/aromatic N) is 1. The maximum atomic E-state index is 5.80. The quantitative estimate of drug-likeness (QED) is 0.762. The largest absolute Gasteiger partial charge is 0.487 e. The van der Waals surface area contributed by atoms with Crippen molar-refractivity contribution in [3.05, 3.63) is 18.3 Å². The summed E-state index contributed by atoms with van der Waals surface area (Å²) in [6.45, 7) is 9.22. The van der Waals surface area contributed by atoms with Gasteiger partial charge in [-0.3, -0.25) is 0 Å². The lowest BCUT2D eigenvalue weighted by atomic mass is 9.90. The fourth-order valence-electron chi connectivity index (χ4n) is 1.54. The predicted molar refractivity (Wildman–Crippen MR) is 77.6 cm³/mol. The van der Waals surface area contributed by atoms with Crippen molar-refractivity contribution in [3.63, 3.8) is 0 Å². The van der Waals surface area contributed by atoms with Crippen molar-refractivity contribution in [3.8, 4) is 5.75 Å². The zero-order chi connectivity index (χ0) is 13.6. The first-order valence-corrected chi connectivity index (χ1v) is 6.89. The minimum Gasteiger partial charge on any atom is -0.487 e. The summed E-state index contributed by atoms with van der Waals surface area (Å²) in [5.74, 6) is 2.27. The van der Waals surface area contributed by atoms with Gasteiger partial charge in [0.2, 0.25) is 0 Å². The van der Waals surface area contributed by atoms with Gasteiger partial charge in [-0.05, 0) is 37.8 Å². The molecule has 1 N–H and O–H groups in total. The molecule has 0 unspecified atom stereocenters. The Labute approximate surface area is 115 Å². The Kier molecular flexibility index (Phi) is 5.73. The molecule has 0 saturated carbocycles. The molecule has 3 nitrogen and oxygen atoms in total. The second-order valence-electron chi connectivity index (χ2n) is 5.47. The van der Waals surface area contributed by atoms with Gasteiger partial charge in [0.25, 0.3) is 0 Å². The molecule has 1 aromatic heterocycles. The van der Waals surface area contributed by atoms with Gasteiger partial charge in [-0.1, -0.05) is 13.8 Å². The van der Waals surface area contributed by atoms with Gasteiger partial charge in [-0.2, -0.15) is 0 Å². The first-order valence-electron chi connectivity index (χ1n) is 6.36. The van der Waals surface area contributed by atoms with Crippen molar-refractivity contribution in [1.82, 2.24) is 4.98 Å².